The molecule has 2 aromatic heterocycles. The van der Waals surface area contributed by atoms with Crippen molar-refractivity contribution in [2.24, 2.45) is 0 Å². The summed E-state index contributed by atoms with van der Waals surface area (Å²) in [7, 11) is 0. The second-order valence-corrected chi connectivity index (χ2v) is 15.9. The third-order valence-corrected chi connectivity index (χ3v) is 13.1. The Kier molecular flexibility index (Phi) is 6.76. The fraction of sp³-hybridized carbons (Fsp3) is 0.0566. The molecule has 0 atom stereocenters. The quantitative estimate of drug-likeness (QED) is 0.162. The standard InChI is InChI=1S/C53H34OS/c1-2-13-32(14-3-1)46-31-55-53-43(46)28-26-36-29-35-17-12-16-33(48(35)49(36)53)25-27-40-38-19-6-8-21-41(38)50(42-22-9-7-20-39(40)42)45-30-34-15-4-5-18-37(34)51-44-23-10-11-24-47(44)54-52(45)51/h1-24,26,28,30-31H,25,27,29H2. The maximum absolute atomic E-state index is 6.81. The Labute approximate surface area is 322 Å². The molecular weight excluding hydrogens is 685 g/mol. The number of aryl methyl sites for hydroxylation is 2. The van der Waals surface area contributed by atoms with E-state index in [9.17, 15) is 0 Å². The molecule has 0 saturated carbocycles. The Morgan fingerprint density at radius 1 is 0.473 bits per heavy atom. The summed E-state index contributed by atoms with van der Waals surface area (Å²) in [6.45, 7) is 0. The van der Waals surface area contributed by atoms with E-state index in [2.05, 4.69) is 169 Å². The van der Waals surface area contributed by atoms with Gasteiger partial charge in [-0.15, -0.1) is 11.3 Å². The first-order valence-electron chi connectivity index (χ1n) is 19.3. The van der Waals surface area contributed by atoms with Crippen LogP contribution in [0.5, 0.6) is 0 Å². The van der Waals surface area contributed by atoms with Crippen molar-refractivity contribution in [3.8, 4) is 33.4 Å². The van der Waals surface area contributed by atoms with Crippen LogP contribution in [-0.2, 0) is 19.3 Å². The normalized spacial score (nSPS) is 12.4. The topological polar surface area (TPSA) is 13.1 Å². The Morgan fingerprint density at radius 2 is 1.15 bits per heavy atom. The second-order valence-electron chi connectivity index (χ2n) is 15.0. The minimum atomic E-state index is 0.924. The van der Waals surface area contributed by atoms with Gasteiger partial charge in [-0.3, -0.25) is 0 Å². The van der Waals surface area contributed by atoms with Crippen molar-refractivity contribution in [1.29, 1.82) is 0 Å². The van der Waals surface area contributed by atoms with Gasteiger partial charge in [0.2, 0.25) is 0 Å². The predicted molar refractivity (Wildman–Crippen MR) is 235 cm³/mol. The molecule has 2 heterocycles. The lowest BCUT2D eigenvalue weighted by Gasteiger charge is -2.19. The van der Waals surface area contributed by atoms with Crippen molar-refractivity contribution in [1.82, 2.24) is 0 Å². The molecule has 11 aromatic rings. The zero-order valence-corrected chi connectivity index (χ0v) is 30.9. The lowest BCUT2D eigenvalue weighted by atomic mass is 9.85. The lowest BCUT2D eigenvalue weighted by Crippen LogP contribution is -1.99. The number of fused-ring (bicyclic) bond motifs is 12. The van der Waals surface area contributed by atoms with E-state index in [1.807, 2.05) is 11.3 Å². The van der Waals surface area contributed by atoms with Gasteiger partial charge in [-0.05, 0) is 102 Å². The van der Waals surface area contributed by atoms with Crippen molar-refractivity contribution in [2.45, 2.75) is 19.3 Å². The van der Waals surface area contributed by atoms with E-state index in [0.29, 0.717) is 0 Å². The van der Waals surface area contributed by atoms with Gasteiger partial charge in [0.1, 0.15) is 11.2 Å². The first-order valence-corrected chi connectivity index (χ1v) is 20.1. The van der Waals surface area contributed by atoms with Gasteiger partial charge >= 0.3 is 0 Å². The number of furan rings is 1. The third-order valence-electron chi connectivity index (χ3n) is 12.1. The summed E-state index contributed by atoms with van der Waals surface area (Å²) in [5.74, 6) is 0. The average molecular weight is 719 g/mol. The monoisotopic (exact) mass is 718 g/mol. The van der Waals surface area contributed by atoms with Gasteiger partial charge in [0.25, 0.3) is 0 Å². The highest BCUT2D eigenvalue weighted by molar-refractivity contribution is 7.18. The Balaban J connectivity index is 1.04. The molecule has 9 aromatic carbocycles. The Morgan fingerprint density at radius 3 is 1.95 bits per heavy atom. The fourth-order valence-electron chi connectivity index (χ4n) is 9.73. The molecule has 0 saturated heterocycles. The molecule has 1 aliphatic carbocycles. The zero-order valence-electron chi connectivity index (χ0n) is 30.1. The summed E-state index contributed by atoms with van der Waals surface area (Å²) in [5.41, 5.74) is 15.5. The van der Waals surface area contributed by atoms with Crippen molar-refractivity contribution in [3.63, 3.8) is 0 Å². The molecule has 0 N–H and O–H groups in total. The van der Waals surface area contributed by atoms with E-state index in [1.54, 1.807) is 0 Å². The molecular formula is C53H34OS. The first-order chi connectivity index (χ1) is 27.3. The minimum Gasteiger partial charge on any atom is -0.455 e. The molecule has 0 amide bonds. The molecule has 0 unspecified atom stereocenters. The van der Waals surface area contributed by atoms with Crippen LogP contribution in [0, 0.1) is 0 Å². The predicted octanol–water partition coefficient (Wildman–Crippen LogP) is 15.0. The van der Waals surface area contributed by atoms with Gasteiger partial charge in [0, 0.05) is 43.1 Å². The highest BCUT2D eigenvalue weighted by Gasteiger charge is 2.26. The van der Waals surface area contributed by atoms with Crippen molar-refractivity contribution >= 4 is 75.7 Å². The van der Waals surface area contributed by atoms with Crippen LogP contribution >= 0.6 is 11.3 Å². The number of rotatable bonds is 5. The Bertz CT molecular complexity index is 3290. The number of thiophene rings is 1. The SMILES string of the molecule is c1ccc(-c2csc3c4c(ccc23)Cc2cccc(CCc3c5ccccc5c(-c5cc6ccccc6c6c5oc5ccccc56)c5ccccc35)c2-4)cc1. The van der Waals surface area contributed by atoms with Crippen LogP contribution in [0.4, 0.5) is 0 Å². The van der Waals surface area contributed by atoms with Gasteiger partial charge < -0.3 is 4.42 Å². The highest BCUT2D eigenvalue weighted by Crippen LogP contribution is 2.49. The summed E-state index contributed by atoms with van der Waals surface area (Å²) in [4.78, 5) is 0. The summed E-state index contributed by atoms with van der Waals surface area (Å²) in [6.07, 6.45) is 2.91. The van der Waals surface area contributed by atoms with Gasteiger partial charge in [0.15, 0.2) is 0 Å². The molecule has 0 radical (unpaired) electrons. The summed E-state index contributed by atoms with van der Waals surface area (Å²) < 4.78 is 8.22. The van der Waals surface area contributed by atoms with Crippen LogP contribution in [-0.4, -0.2) is 0 Å². The van der Waals surface area contributed by atoms with Crippen molar-refractivity contribution in [3.05, 3.63) is 191 Å². The molecule has 2 heteroatoms. The molecule has 0 fully saturated rings. The Hall–Kier alpha value is -6.48. The van der Waals surface area contributed by atoms with E-state index in [0.717, 1.165) is 41.4 Å². The van der Waals surface area contributed by atoms with Crippen LogP contribution in [0.25, 0.3) is 97.7 Å². The van der Waals surface area contributed by atoms with E-state index >= 15 is 0 Å². The second kappa shape index (κ2) is 12.0. The van der Waals surface area contributed by atoms with Gasteiger partial charge in [-0.2, -0.15) is 0 Å². The van der Waals surface area contributed by atoms with Crippen LogP contribution in [0.2, 0.25) is 0 Å². The van der Waals surface area contributed by atoms with Crippen molar-refractivity contribution in [2.75, 3.05) is 0 Å². The molecule has 0 bridgehead atoms. The maximum Gasteiger partial charge on any atom is 0.143 e. The van der Waals surface area contributed by atoms with E-state index < -0.39 is 0 Å². The molecule has 1 aliphatic rings. The van der Waals surface area contributed by atoms with Crippen molar-refractivity contribution < 1.29 is 4.42 Å². The molecule has 55 heavy (non-hydrogen) atoms. The maximum atomic E-state index is 6.81. The van der Waals surface area contributed by atoms with Gasteiger partial charge in [-0.1, -0.05) is 152 Å². The summed E-state index contributed by atoms with van der Waals surface area (Å²) in [5, 5.41) is 13.7. The van der Waals surface area contributed by atoms with Gasteiger partial charge in [0.05, 0.1) is 0 Å². The van der Waals surface area contributed by atoms with Crippen LogP contribution in [0.15, 0.2) is 174 Å². The van der Waals surface area contributed by atoms with E-state index in [-0.39, 0.29) is 0 Å². The molecule has 0 spiro atoms. The number of para-hydroxylation sites is 1. The van der Waals surface area contributed by atoms with Gasteiger partial charge in [-0.25, -0.2) is 0 Å². The number of hydrogen-bond donors (Lipinski definition) is 0. The molecule has 12 rings (SSSR count). The zero-order chi connectivity index (χ0) is 36.0. The largest absolute Gasteiger partial charge is 0.455 e. The smallest absolute Gasteiger partial charge is 0.143 e. The first kappa shape index (κ1) is 30.9. The average Bonchev–Trinajstić information content (AvgIpc) is 3.96. The van der Waals surface area contributed by atoms with E-state index in [4.69, 9.17) is 4.42 Å². The third kappa shape index (κ3) is 4.59. The lowest BCUT2D eigenvalue weighted by molar-refractivity contribution is 0.670. The molecule has 0 aliphatic heterocycles. The minimum absolute atomic E-state index is 0.924. The summed E-state index contributed by atoms with van der Waals surface area (Å²) in [6, 6.07) is 60.2. The van der Waals surface area contributed by atoms with E-state index in [1.165, 1.54) is 97.9 Å². The highest BCUT2D eigenvalue weighted by atomic mass is 32.1. The fourth-order valence-corrected chi connectivity index (χ4v) is 10.9. The van der Waals surface area contributed by atoms with Crippen LogP contribution in [0.1, 0.15) is 22.3 Å². The molecule has 1 nitrogen and oxygen atoms in total. The van der Waals surface area contributed by atoms with Crippen LogP contribution in [0.3, 0.4) is 0 Å². The number of benzene rings is 9. The number of hydrogen-bond acceptors (Lipinski definition) is 2. The summed E-state index contributed by atoms with van der Waals surface area (Å²) >= 11 is 1.90. The van der Waals surface area contributed by atoms with Crippen LogP contribution < -0.4 is 0 Å². The molecule has 258 valence electrons.